The second-order valence-corrected chi connectivity index (χ2v) is 3.52. The Hall–Kier alpha value is -2.61. The molecular weight excluding hydrogens is 234 g/mol. The molecule has 0 radical (unpaired) electrons. The Labute approximate surface area is 102 Å². The molecule has 5 heteroatoms. The predicted molar refractivity (Wildman–Crippen MR) is 63.2 cm³/mol. The van der Waals surface area contributed by atoms with Crippen LogP contribution in [-0.4, -0.2) is 12.6 Å². The third kappa shape index (κ3) is 2.09. The molecule has 0 unspecified atom stereocenters. The van der Waals surface area contributed by atoms with Crippen LogP contribution in [0, 0.1) is 11.3 Å². The van der Waals surface area contributed by atoms with E-state index in [-0.39, 0.29) is 28.8 Å². The zero-order chi connectivity index (χ0) is 13.1. The van der Waals surface area contributed by atoms with Crippen molar-refractivity contribution in [2.75, 3.05) is 6.61 Å². The van der Waals surface area contributed by atoms with Crippen LogP contribution in [-0.2, 0) is 4.74 Å². The molecule has 1 aromatic carbocycles. The van der Waals surface area contributed by atoms with Gasteiger partial charge in [-0.15, -0.1) is 0 Å². The number of benzene rings is 1. The lowest BCUT2D eigenvalue weighted by Crippen LogP contribution is -2.10. The molecule has 0 saturated heterocycles. The maximum absolute atomic E-state index is 11.8. The number of ether oxygens (including phenoxy) is 1. The summed E-state index contributed by atoms with van der Waals surface area (Å²) in [5, 5.41) is 9.01. The van der Waals surface area contributed by atoms with Gasteiger partial charge in [-0.25, -0.2) is 4.79 Å². The van der Waals surface area contributed by atoms with Crippen LogP contribution in [0.25, 0.3) is 11.0 Å². The summed E-state index contributed by atoms with van der Waals surface area (Å²) in [6.07, 6.45) is 0. The number of hydrogen-bond acceptors (Lipinski definition) is 5. The first kappa shape index (κ1) is 11.9. The first-order valence-electron chi connectivity index (χ1n) is 5.31. The summed E-state index contributed by atoms with van der Waals surface area (Å²) in [5.41, 5.74) is 0.236. The Morgan fingerprint density at radius 2 is 2.22 bits per heavy atom. The molecule has 5 nitrogen and oxygen atoms in total. The number of hydrogen-bond donors (Lipinski definition) is 0. The van der Waals surface area contributed by atoms with Crippen LogP contribution in [0.1, 0.15) is 23.0 Å². The van der Waals surface area contributed by atoms with E-state index in [1.807, 2.05) is 6.07 Å². The van der Waals surface area contributed by atoms with E-state index >= 15 is 0 Å². The minimum atomic E-state index is -0.680. The zero-order valence-electron chi connectivity index (χ0n) is 9.60. The first-order valence-corrected chi connectivity index (χ1v) is 5.31. The third-order valence-corrected chi connectivity index (χ3v) is 2.33. The van der Waals surface area contributed by atoms with Crippen molar-refractivity contribution in [3.8, 4) is 6.07 Å². The molecule has 0 aliphatic rings. The van der Waals surface area contributed by atoms with E-state index in [9.17, 15) is 9.59 Å². The van der Waals surface area contributed by atoms with Crippen LogP contribution >= 0.6 is 0 Å². The highest BCUT2D eigenvalue weighted by Crippen LogP contribution is 2.14. The fourth-order valence-electron chi connectivity index (χ4n) is 1.53. The second-order valence-electron chi connectivity index (χ2n) is 3.52. The standard InChI is InChI=1S/C13H9NO4/c1-2-17-13(16)12-6-10(15)9-5-8(7-14)3-4-11(9)18-12/h3-6H,2H2,1H3. The summed E-state index contributed by atoms with van der Waals surface area (Å²) in [6.45, 7) is 1.87. The van der Waals surface area contributed by atoms with Gasteiger partial charge >= 0.3 is 5.97 Å². The molecule has 1 heterocycles. The summed E-state index contributed by atoms with van der Waals surface area (Å²) in [6, 6.07) is 7.43. The van der Waals surface area contributed by atoms with E-state index in [0.717, 1.165) is 6.07 Å². The molecule has 0 amide bonds. The number of carbonyl (C=O) groups is 1. The average Bonchev–Trinajstić information content (AvgIpc) is 2.38. The molecule has 0 N–H and O–H groups in total. The minimum Gasteiger partial charge on any atom is -0.460 e. The Morgan fingerprint density at radius 3 is 2.89 bits per heavy atom. The van der Waals surface area contributed by atoms with Crippen molar-refractivity contribution in [3.63, 3.8) is 0 Å². The van der Waals surface area contributed by atoms with Gasteiger partial charge < -0.3 is 9.15 Å². The average molecular weight is 243 g/mol. The number of nitrogens with zero attached hydrogens (tertiary/aromatic N) is 1. The number of fused-ring (bicyclic) bond motifs is 1. The van der Waals surface area contributed by atoms with Gasteiger partial charge in [0.2, 0.25) is 5.76 Å². The van der Waals surface area contributed by atoms with E-state index < -0.39 is 5.97 Å². The molecule has 0 aliphatic carbocycles. The molecule has 18 heavy (non-hydrogen) atoms. The van der Waals surface area contributed by atoms with Gasteiger partial charge in [0.05, 0.1) is 23.6 Å². The Kier molecular flexibility index (Phi) is 3.11. The lowest BCUT2D eigenvalue weighted by atomic mass is 10.1. The van der Waals surface area contributed by atoms with Gasteiger partial charge in [-0.1, -0.05) is 0 Å². The summed E-state index contributed by atoms with van der Waals surface area (Å²) < 4.78 is 10.0. The Balaban J connectivity index is 2.61. The summed E-state index contributed by atoms with van der Waals surface area (Å²) in [7, 11) is 0. The van der Waals surface area contributed by atoms with Gasteiger partial charge in [-0.2, -0.15) is 5.26 Å². The topological polar surface area (TPSA) is 80.3 Å². The van der Waals surface area contributed by atoms with E-state index in [2.05, 4.69) is 0 Å². The molecule has 90 valence electrons. The second kappa shape index (κ2) is 4.72. The number of rotatable bonds is 2. The molecule has 0 spiro atoms. The maximum atomic E-state index is 11.8. The number of nitriles is 1. The highest BCUT2D eigenvalue weighted by atomic mass is 16.5. The smallest absolute Gasteiger partial charge is 0.374 e. The van der Waals surface area contributed by atoms with Gasteiger partial charge in [0, 0.05) is 6.07 Å². The molecule has 1 aromatic heterocycles. The van der Waals surface area contributed by atoms with Crippen molar-refractivity contribution in [1.29, 1.82) is 5.26 Å². The van der Waals surface area contributed by atoms with Gasteiger partial charge in [-0.05, 0) is 25.1 Å². The van der Waals surface area contributed by atoms with Crippen molar-refractivity contribution in [1.82, 2.24) is 0 Å². The van der Waals surface area contributed by atoms with Crippen molar-refractivity contribution < 1.29 is 13.9 Å². The Bertz CT molecular complexity index is 709. The van der Waals surface area contributed by atoms with Crippen LogP contribution in [0.4, 0.5) is 0 Å². The van der Waals surface area contributed by atoms with E-state index in [4.69, 9.17) is 14.4 Å². The molecule has 0 atom stereocenters. The Morgan fingerprint density at radius 1 is 1.44 bits per heavy atom. The lowest BCUT2D eigenvalue weighted by molar-refractivity contribution is 0.0490. The van der Waals surface area contributed by atoms with Crippen LogP contribution in [0.5, 0.6) is 0 Å². The van der Waals surface area contributed by atoms with E-state index in [0.29, 0.717) is 5.56 Å². The fraction of sp³-hybridized carbons (Fsp3) is 0.154. The molecule has 0 fully saturated rings. The molecule has 0 saturated carbocycles. The van der Waals surface area contributed by atoms with Gasteiger partial charge in [-0.3, -0.25) is 4.79 Å². The van der Waals surface area contributed by atoms with Crippen molar-refractivity contribution >= 4 is 16.9 Å². The molecular formula is C13H9NO4. The van der Waals surface area contributed by atoms with Gasteiger partial charge in [0.1, 0.15) is 5.58 Å². The van der Waals surface area contributed by atoms with Crippen molar-refractivity contribution in [3.05, 3.63) is 45.8 Å². The normalized spacial score (nSPS) is 10.0. The third-order valence-electron chi connectivity index (χ3n) is 2.33. The predicted octanol–water partition coefficient (Wildman–Crippen LogP) is 1.84. The monoisotopic (exact) mass is 243 g/mol. The molecule has 0 aliphatic heterocycles. The van der Waals surface area contributed by atoms with Crippen LogP contribution in [0.2, 0.25) is 0 Å². The highest BCUT2D eigenvalue weighted by Gasteiger charge is 2.13. The summed E-state index contributed by atoms with van der Waals surface area (Å²) >= 11 is 0. The van der Waals surface area contributed by atoms with Gasteiger partial charge in [0.15, 0.2) is 5.43 Å². The molecule has 2 rings (SSSR count). The van der Waals surface area contributed by atoms with Crippen LogP contribution in [0.3, 0.4) is 0 Å². The van der Waals surface area contributed by atoms with E-state index in [1.54, 1.807) is 6.92 Å². The summed E-state index contributed by atoms with van der Waals surface area (Å²) in [5.74, 6) is -0.820. The number of carbonyl (C=O) groups excluding carboxylic acids is 1. The highest BCUT2D eigenvalue weighted by molar-refractivity contribution is 5.89. The fourth-order valence-corrected chi connectivity index (χ4v) is 1.53. The van der Waals surface area contributed by atoms with Crippen molar-refractivity contribution in [2.45, 2.75) is 6.92 Å². The van der Waals surface area contributed by atoms with Crippen LogP contribution < -0.4 is 5.43 Å². The van der Waals surface area contributed by atoms with Gasteiger partial charge in [0.25, 0.3) is 0 Å². The van der Waals surface area contributed by atoms with Crippen molar-refractivity contribution in [2.24, 2.45) is 0 Å². The SMILES string of the molecule is CCOC(=O)c1cc(=O)c2cc(C#N)ccc2o1. The molecule has 0 bridgehead atoms. The lowest BCUT2D eigenvalue weighted by Gasteiger charge is -2.02. The molecule has 2 aromatic rings. The minimum absolute atomic E-state index is 0.140. The first-order chi connectivity index (χ1) is 8.65. The summed E-state index contributed by atoms with van der Waals surface area (Å²) in [4.78, 5) is 23.3. The van der Waals surface area contributed by atoms with E-state index in [1.165, 1.54) is 18.2 Å². The quantitative estimate of drug-likeness (QED) is 0.752. The maximum Gasteiger partial charge on any atom is 0.374 e. The zero-order valence-corrected chi connectivity index (χ0v) is 9.60. The van der Waals surface area contributed by atoms with Crippen LogP contribution in [0.15, 0.2) is 33.5 Å². The largest absolute Gasteiger partial charge is 0.460 e. The number of esters is 1.